The fourth-order valence-electron chi connectivity index (χ4n) is 3.56. The quantitative estimate of drug-likeness (QED) is 0.626. The van der Waals surface area contributed by atoms with Gasteiger partial charge in [0.1, 0.15) is 5.78 Å². The van der Waals surface area contributed by atoms with Crippen LogP contribution in [-0.4, -0.2) is 39.3 Å². The summed E-state index contributed by atoms with van der Waals surface area (Å²) < 4.78 is 0. The van der Waals surface area contributed by atoms with Gasteiger partial charge in [-0.2, -0.15) is 0 Å². The third kappa shape index (κ3) is 3.41. The molecule has 0 bridgehead atoms. The second kappa shape index (κ2) is 7.90. The van der Waals surface area contributed by atoms with Gasteiger partial charge in [0.25, 0.3) is 11.8 Å². The van der Waals surface area contributed by atoms with Gasteiger partial charge in [0.05, 0.1) is 23.6 Å². The fourth-order valence-corrected chi connectivity index (χ4v) is 3.56. The first-order chi connectivity index (χ1) is 13.1. The van der Waals surface area contributed by atoms with Gasteiger partial charge in [0, 0.05) is 31.0 Å². The summed E-state index contributed by atoms with van der Waals surface area (Å²) in [6.07, 6.45) is 3.54. The molecule has 1 fully saturated rings. The fraction of sp³-hybridized carbons (Fsp3) is 0.250. The molecule has 8 heteroatoms. The van der Waals surface area contributed by atoms with E-state index < -0.39 is 17.9 Å². The van der Waals surface area contributed by atoms with E-state index >= 15 is 0 Å². The number of nitrogens with zero attached hydrogens (tertiary/aromatic N) is 2. The standard InChI is InChI=1S/C20H17N3O4.ClH/c24-13-4-5-16(17(25)10-13)23-19(26)14-2-1-3-15(18(14)20(23)27)22-11-12-6-8-21-9-7-12;/h1-3,6-9,16,22H,4-5,10-11H2;1H. The molecular formula is C20H18ClN3O4. The van der Waals surface area contributed by atoms with Crippen LogP contribution in [0.4, 0.5) is 5.69 Å². The number of anilines is 1. The molecule has 1 aromatic heterocycles. The van der Waals surface area contributed by atoms with Crippen molar-refractivity contribution in [3.8, 4) is 0 Å². The number of nitrogens with one attached hydrogen (secondary N) is 1. The lowest BCUT2D eigenvalue weighted by Gasteiger charge is -2.27. The minimum Gasteiger partial charge on any atom is -0.380 e. The van der Waals surface area contributed by atoms with E-state index in [4.69, 9.17) is 0 Å². The minimum atomic E-state index is -0.858. The average molecular weight is 400 g/mol. The molecule has 2 aliphatic rings. The van der Waals surface area contributed by atoms with Gasteiger partial charge in [-0.25, -0.2) is 0 Å². The Labute approximate surface area is 167 Å². The number of imide groups is 1. The minimum absolute atomic E-state index is 0. The molecule has 1 N–H and O–H groups in total. The van der Waals surface area contributed by atoms with Gasteiger partial charge >= 0.3 is 0 Å². The summed E-state index contributed by atoms with van der Waals surface area (Å²) in [4.78, 5) is 54.5. The second-order valence-electron chi connectivity index (χ2n) is 6.65. The Kier molecular flexibility index (Phi) is 5.56. The van der Waals surface area contributed by atoms with Crippen molar-refractivity contribution in [3.63, 3.8) is 0 Å². The van der Waals surface area contributed by atoms with E-state index in [1.54, 1.807) is 30.6 Å². The van der Waals surface area contributed by atoms with Gasteiger partial charge < -0.3 is 5.32 Å². The molecule has 28 heavy (non-hydrogen) atoms. The Balaban J connectivity index is 0.00000225. The molecule has 0 radical (unpaired) electrons. The number of hydrogen-bond donors (Lipinski definition) is 1. The molecule has 144 valence electrons. The number of pyridine rings is 1. The van der Waals surface area contributed by atoms with Crippen molar-refractivity contribution in [2.24, 2.45) is 0 Å². The number of carbonyl (C=O) groups is 4. The number of aromatic nitrogens is 1. The summed E-state index contributed by atoms with van der Waals surface area (Å²) in [5, 5.41) is 3.19. The molecule has 1 atom stereocenters. The summed E-state index contributed by atoms with van der Waals surface area (Å²) in [7, 11) is 0. The molecular weight excluding hydrogens is 382 g/mol. The number of hydrogen-bond acceptors (Lipinski definition) is 6. The van der Waals surface area contributed by atoms with E-state index in [9.17, 15) is 19.2 Å². The average Bonchev–Trinajstić information content (AvgIpc) is 2.93. The maximum Gasteiger partial charge on any atom is 0.264 e. The molecule has 2 heterocycles. The van der Waals surface area contributed by atoms with E-state index in [1.807, 2.05) is 12.1 Å². The highest BCUT2D eigenvalue weighted by Crippen LogP contribution is 2.33. The van der Waals surface area contributed by atoms with Crippen LogP contribution >= 0.6 is 12.4 Å². The lowest BCUT2D eigenvalue weighted by atomic mass is 9.92. The molecule has 7 nitrogen and oxygen atoms in total. The zero-order valence-corrected chi connectivity index (χ0v) is 15.7. The van der Waals surface area contributed by atoms with Crippen LogP contribution in [-0.2, 0) is 16.1 Å². The molecule has 0 saturated heterocycles. The summed E-state index contributed by atoms with van der Waals surface area (Å²) >= 11 is 0. The third-order valence-corrected chi connectivity index (χ3v) is 4.93. The Morgan fingerprint density at radius 2 is 1.79 bits per heavy atom. The Bertz CT molecular complexity index is 961. The topological polar surface area (TPSA) is 96.4 Å². The van der Waals surface area contributed by atoms with Crippen molar-refractivity contribution in [3.05, 3.63) is 59.4 Å². The number of rotatable bonds is 4. The lowest BCUT2D eigenvalue weighted by molar-refractivity contribution is -0.132. The highest BCUT2D eigenvalue weighted by Gasteiger charge is 2.45. The number of fused-ring (bicyclic) bond motifs is 1. The van der Waals surface area contributed by atoms with E-state index in [2.05, 4.69) is 10.3 Å². The van der Waals surface area contributed by atoms with Crippen molar-refractivity contribution >= 4 is 41.5 Å². The van der Waals surface area contributed by atoms with E-state index in [0.717, 1.165) is 10.5 Å². The molecule has 4 rings (SSSR count). The van der Waals surface area contributed by atoms with Crippen LogP contribution in [0.2, 0.25) is 0 Å². The van der Waals surface area contributed by atoms with Gasteiger partial charge in [-0.15, -0.1) is 12.4 Å². The number of Topliss-reactive ketones (excluding diaryl/α,β-unsaturated/α-hetero) is 2. The van der Waals surface area contributed by atoms with Crippen molar-refractivity contribution in [1.82, 2.24) is 9.88 Å². The maximum atomic E-state index is 13.0. The predicted molar refractivity (Wildman–Crippen MR) is 103 cm³/mol. The molecule has 1 aromatic carbocycles. The second-order valence-corrected chi connectivity index (χ2v) is 6.65. The molecule has 2 amide bonds. The number of amides is 2. The first-order valence-corrected chi connectivity index (χ1v) is 8.74. The van der Waals surface area contributed by atoms with Crippen LogP contribution in [0.5, 0.6) is 0 Å². The number of carbonyl (C=O) groups excluding carboxylic acids is 4. The van der Waals surface area contributed by atoms with Crippen LogP contribution in [0.25, 0.3) is 0 Å². The number of ketones is 2. The van der Waals surface area contributed by atoms with Crippen molar-refractivity contribution in [2.45, 2.75) is 31.8 Å². The summed E-state index contributed by atoms with van der Waals surface area (Å²) in [6, 6.07) is 7.88. The van der Waals surface area contributed by atoms with Crippen molar-refractivity contribution in [1.29, 1.82) is 0 Å². The molecule has 1 aliphatic carbocycles. The molecule has 1 saturated carbocycles. The van der Waals surface area contributed by atoms with Crippen molar-refractivity contribution < 1.29 is 19.2 Å². The zero-order chi connectivity index (χ0) is 19.0. The van der Waals surface area contributed by atoms with Gasteiger partial charge in [-0.1, -0.05) is 6.07 Å². The van der Waals surface area contributed by atoms with Gasteiger partial charge in [-0.3, -0.25) is 29.1 Å². The summed E-state index contributed by atoms with van der Waals surface area (Å²) in [5.41, 5.74) is 2.09. The van der Waals surface area contributed by atoms with Crippen LogP contribution in [0.1, 0.15) is 45.5 Å². The third-order valence-electron chi connectivity index (χ3n) is 4.93. The smallest absolute Gasteiger partial charge is 0.264 e. The van der Waals surface area contributed by atoms with E-state index in [0.29, 0.717) is 12.2 Å². The number of halogens is 1. The first-order valence-electron chi connectivity index (χ1n) is 8.74. The van der Waals surface area contributed by atoms with Crippen LogP contribution in [0, 0.1) is 0 Å². The van der Waals surface area contributed by atoms with Gasteiger partial charge in [0.2, 0.25) is 0 Å². The molecule has 0 spiro atoms. The first kappa shape index (κ1) is 19.7. The van der Waals surface area contributed by atoms with Gasteiger partial charge in [0.15, 0.2) is 5.78 Å². The normalized spacial score (nSPS) is 18.7. The van der Waals surface area contributed by atoms with Crippen molar-refractivity contribution in [2.75, 3.05) is 5.32 Å². The number of benzene rings is 1. The highest BCUT2D eigenvalue weighted by molar-refractivity contribution is 6.25. The maximum absolute atomic E-state index is 13.0. The van der Waals surface area contributed by atoms with Crippen LogP contribution in [0.3, 0.4) is 0 Å². The van der Waals surface area contributed by atoms with Gasteiger partial charge in [-0.05, 0) is 36.2 Å². The summed E-state index contributed by atoms with van der Waals surface area (Å²) in [6.45, 7) is 0.470. The van der Waals surface area contributed by atoms with Crippen LogP contribution < -0.4 is 5.32 Å². The Hall–Kier alpha value is -3.06. The lowest BCUT2D eigenvalue weighted by Crippen LogP contribution is -2.47. The van der Waals surface area contributed by atoms with E-state index in [1.165, 1.54) is 0 Å². The largest absolute Gasteiger partial charge is 0.380 e. The zero-order valence-electron chi connectivity index (χ0n) is 14.9. The Morgan fingerprint density at radius 3 is 2.50 bits per heavy atom. The molecule has 1 unspecified atom stereocenters. The molecule has 1 aliphatic heterocycles. The SMILES string of the molecule is Cl.O=C1CCC(N2C(=O)c3cccc(NCc4ccncc4)c3C2=O)C(=O)C1. The highest BCUT2D eigenvalue weighted by atomic mass is 35.5. The Morgan fingerprint density at radius 1 is 1.04 bits per heavy atom. The van der Waals surface area contributed by atoms with Crippen LogP contribution in [0.15, 0.2) is 42.7 Å². The predicted octanol–water partition coefficient (Wildman–Crippen LogP) is 2.40. The van der Waals surface area contributed by atoms with E-state index in [-0.39, 0.29) is 54.4 Å². The molecule has 2 aromatic rings. The summed E-state index contributed by atoms with van der Waals surface area (Å²) in [5.74, 6) is -1.48. The monoisotopic (exact) mass is 399 g/mol.